The van der Waals surface area contributed by atoms with Crippen LogP contribution in [0, 0.1) is 5.92 Å². The fourth-order valence-corrected chi connectivity index (χ4v) is 3.72. The van der Waals surface area contributed by atoms with Crippen LogP contribution in [0.2, 0.25) is 0 Å². The number of hydrogen-bond acceptors (Lipinski definition) is 3. The number of rotatable bonds is 3. The van der Waals surface area contributed by atoms with E-state index in [1.807, 2.05) is 42.2 Å². The van der Waals surface area contributed by atoms with Crippen LogP contribution in [0.5, 0.6) is 0 Å². The molecular formula is C20H24N2O2. The quantitative estimate of drug-likeness (QED) is 0.942. The zero-order valence-electron chi connectivity index (χ0n) is 14.1. The van der Waals surface area contributed by atoms with Crippen LogP contribution >= 0.6 is 0 Å². The van der Waals surface area contributed by atoms with Crippen molar-refractivity contribution in [2.45, 2.75) is 44.6 Å². The number of pyridine rings is 1. The van der Waals surface area contributed by atoms with Gasteiger partial charge in [0.15, 0.2) is 0 Å². The molecule has 1 aromatic carbocycles. The first kappa shape index (κ1) is 15.6. The molecule has 1 N–H and O–H groups in total. The molecule has 0 bridgehead atoms. The lowest BCUT2D eigenvalue weighted by molar-refractivity contribution is 0.0467. The van der Waals surface area contributed by atoms with Gasteiger partial charge in [-0.05, 0) is 44.7 Å². The van der Waals surface area contributed by atoms with E-state index in [2.05, 4.69) is 0 Å². The summed E-state index contributed by atoms with van der Waals surface area (Å²) in [5, 5.41) is 10.8. The number of nitrogens with zero attached hydrogens (tertiary/aromatic N) is 2. The van der Waals surface area contributed by atoms with Crippen molar-refractivity contribution < 1.29 is 9.90 Å². The van der Waals surface area contributed by atoms with Crippen molar-refractivity contribution >= 4 is 16.8 Å². The topological polar surface area (TPSA) is 53.4 Å². The van der Waals surface area contributed by atoms with E-state index >= 15 is 0 Å². The average Bonchev–Trinajstić information content (AvgIpc) is 3.45. The van der Waals surface area contributed by atoms with Crippen LogP contribution in [-0.4, -0.2) is 40.1 Å². The van der Waals surface area contributed by atoms with Crippen LogP contribution in [-0.2, 0) is 0 Å². The molecule has 2 aromatic rings. The molecule has 1 amide bonds. The smallest absolute Gasteiger partial charge is 0.254 e. The molecule has 1 saturated heterocycles. The Morgan fingerprint density at radius 1 is 1.29 bits per heavy atom. The molecule has 126 valence electrons. The number of aliphatic hydroxyl groups excluding tert-OH is 1. The molecule has 1 aliphatic heterocycles. The lowest BCUT2D eigenvalue weighted by Gasteiger charge is -2.34. The maximum absolute atomic E-state index is 13.2. The number of fused-ring (bicyclic) bond motifs is 1. The van der Waals surface area contributed by atoms with Crippen molar-refractivity contribution in [1.82, 2.24) is 9.88 Å². The Labute approximate surface area is 142 Å². The Morgan fingerprint density at radius 3 is 2.83 bits per heavy atom. The fraction of sp³-hybridized carbons (Fsp3) is 0.500. The van der Waals surface area contributed by atoms with Crippen molar-refractivity contribution in [1.29, 1.82) is 0 Å². The van der Waals surface area contributed by atoms with Crippen molar-refractivity contribution in [3.63, 3.8) is 0 Å². The van der Waals surface area contributed by atoms with E-state index in [9.17, 15) is 9.90 Å². The van der Waals surface area contributed by atoms with Gasteiger partial charge in [0, 0.05) is 36.0 Å². The number of benzene rings is 1. The summed E-state index contributed by atoms with van der Waals surface area (Å²) < 4.78 is 0. The summed E-state index contributed by atoms with van der Waals surface area (Å²) >= 11 is 0. The van der Waals surface area contributed by atoms with Gasteiger partial charge in [0.25, 0.3) is 5.91 Å². The average molecular weight is 324 g/mol. The lowest BCUT2D eigenvalue weighted by Crippen LogP contribution is -2.43. The van der Waals surface area contributed by atoms with Crippen LogP contribution < -0.4 is 0 Å². The van der Waals surface area contributed by atoms with Gasteiger partial charge in [0.05, 0.1) is 17.2 Å². The summed E-state index contributed by atoms with van der Waals surface area (Å²) in [7, 11) is 0. The van der Waals surface area contributed by atoms with Crippen LogP contribution in [0.25, 0.3) is 10.9 Å². The lowest BCUT2D eigenvalue weighted by atomic mass is 9.92. The first-order chi connectivity index (χ1) is 11.6. The van der Waals surface area contributed by atoms with Gasteiger partial charge in [-0.1, -0.05) is 18.2 Å². The zero-order valence-corrected chi connectivity index (χ0v) is 14.1. The molecule has 1 saturated carbocycles. The maximum atomic E-state index is 13.2. The first-order valence-electron chi connectivity index (χ1n) is 9.00. The first-order valence-corrected chi connectivity index (χ1v) is 9.00. The number of aromatic nitrogens is 1. The molecule has 2 aliphatic rings. The minimum Gasteiger partial charge on any atom is -0.393 e. The van der Waals surface area contributed by atoms with Gasteiger partial charge < -0.3 is 10.0 Å². The van der Waals surface area contributed by atoms with Crippen LogP contribution in [0.1, 0.15) is 54.6 Å². The number of piperidine rings is 1. The Hall–Kier alpha value is -1.94. The number of aliphatic hydroxyl groups is 1. The normalized spacial score (nSPS) is 22.6. The minimum absolute atomic E-state index is 0.0841. The molecule has 4 rings (SSSR count). The Bertz CT molecular complexity index is 767. The molecular weight excluding hydrogens is 300 g/mol. The maximum Gasteiger partial charge on any atom is 0.254 e. The van der Waals surface area contributed by atoms with Gasteiger partial charge in [-0.15, -0.1) is 0 Å². The highest BCUT2D eigenvalue weighted by Crippen LogP contribution is 2.40. The van der Waals surface area contributed by atoms with Gasteiger partial charge in [0.2, 0.25) is 0 Å². The van der Waals surface area contributed by atoms with Crippen LogP contribution in [0.15, 0.2) is 30.3 Å². The van der Waals surface area contributed by atoms with Gasteiger partial charge in [-0.2, -0.15) is 0 Å². The second-order valence-electron chi connectivity index (χ2n) is 7.28. The number of carbonyl (C=O) groups excluding carboxylic acids is 1. The zero-order chi connectivity index (χ0) is 16.7. The summed E-state index contributed by atoms with van der Waals surface area (Å²) in [5.41, 5.74) is 2.74. The van der Waals surface area contributed by atoms with Crippen molar-refractivity contribution in [3.05, 3.63) is 41.6 Å². The third kappa shape index (κ3) is 2.91. The molecule has 2 fully saturated rings. The van der Waals surface area contributed by atoms with Crippen molar-refractivity contribution in [3.8, 4) is 0 Å². The van der Waals surface area contributed by atoms with Gasteiger partial charge >= 0.3 is 0 Å². The highest BCUT2D eigenvalue weighted by molar-refractivity contribution is 6.06. The molecule has 2 atom stereocenters. The van der Waals surface area contributed by atoms with E-state index in [1.54, 1.807) is 0 Å². The monoisotopic (exact) mass is 324 g/mol. The van der Waals surface area contributed by atoms with E-state index in [0.717, 1.165) is 41.5 Å². The molecule has 4 heteroatoms. The van der Waals surface area contributed by atoms with Gasteiger partial charge in [0.1, 0.15) is 0 Å². The molecule has 2 unspecified atom stereocenters. The predicted octanol–water partition coefficient (Wildman–Crippen LogP) is 3.35. The second kappa shape index (κ2) is 6.17. The van der Waals surface area contributed by atoms with Crippen LogP contribution in [0.3, 0.4) is 0 Å². The molecule has 24 heavy (non-hydrogen) atoms. The fourth-order valence-electron chi connectivity index (χ4n) is 3.72. The summed E-state index contributed by atoms with van der Waals surface area (Å²) in [6.07, 6.45) is 3.93. The van der Waals surface area contributed by atoms with E-state index in [4.69, 9.17) is 4.98 Å². The number of likely N-dealkylation sites (tertiary alicyclic amines) is 1. The number of carbonyl (C=O) groups is 1. The molecule has 0 spiro atoms. The number of para-hydroxylation sites is 1. The molecule has 2 heterocycles. The summed E-state index contributed by atoms with van der Waals surface area (Å²) in [6, 6.07) is 9.93. The third-order valence-corrected chi connectivity index (χ3v) is 5.39. The highest BCUT2D eigenvalue weighted by atomic mass is 16.3. The standard InChI is InChI=1S/C20H24N2O2/c1-13(23)15-5-4-10-22(12-15)20(24)17-11-19(14-8-9-14)21-18-7-3-2-6-16(17)18/h2-3,6-7,11,13-15,23H,4-5,8-10,12H2,1H3. The van der Waals surface area contributed by atoms with E-state index < -0.39 is 0 Å². The molecule has 0 radical (unpaired) electrons. The van der Waals surface area contributed by atoms with Gasteiger partial charge in [-0.25, -0.2) is 0 Å². The predicted molar refractivity (Wildman–Crippen MR) is 94.0 cm³/mol. The third-order valence-electron chi connectivity index (χ3n) is 5.39. The van der Waals surface area contributed by atoms with Crippen LogP contribution in [0.4, 0.5) is 0 Å². The molecule has 1 aliphatic carbocycles. The Kier molecular flexibility index (Phi) is 4.01. The highest BCUT2D eigenvalue weighted by Gasteiger charge is 2.30. The summed E-state index contributed by atoms with van der Waals surface area (Å²) in [6.45, 7) is 3.25. The minimum atomic E-state index is -0.364. The van der Waals surface area contributed by atoms with E-state index in [0.29, 0.717) is 12.5 Å². The number of amides is 1. The van der Waals surface area contributed by atoms with Gasteiger partial charge in [-0.3, -0.25) is 9.78 Å². The Morgan fingerprint density at radius 2 is 2.08 bits per heavy atom. The molecule has 1 aromatic heterocycles. The van der Waals surface area contributed by atoms with E-state index in [-0.39, 0.29) is 17.9 Å². The SMILES string of the molecule is CC(O)C1CCCN(C(=O)c2cc(C3CC3)nc3ccccc23)C1. The largest absolute Gasteiger partial charge is 0.393 e. The second-order valence-corrected chi connectivity index (χ2v) is 7.28. The summed E-state index contributed by atoms with van der Waals surface area (Å²) in [4.78, 5) is 19.9. The summed E-state index contributed by atoms with van der Waals surface area (Å²) in [5.74, 6) is 0.785. The van der Waals surface area contributed by atoms with Crippen molar-refractivity contribution in [2.75, 3.05) is 13.1 Å². The van der Waals surface area contributed by atoms with E-state index in [1.165, 1.54) is 12.8 Å². The molecule has 4 nitrogen and oxygen atoms in total. The number of hydrogen-bond donors (Lipinski definition) is 1. The Balaban J connectivity index is 1.70. The van der Waals surface area contributed by atoms with Crippen molar-refractivity contribution in [2.24, 2.45) is 5.92 Å².